The Bertz CT molecular complexity index is 754. The summed E-state index contributed by atoms with van der Waals surface area (Å²) in [7, 11) is 0. The van der Waals surface area contributed by atoms with E-state index in [0.29, 0.717) is 18.0 Å². The molecule has 0 aromatic carbocycles. The lowest BCUT2D eigenvalue weighted by molar-refractivity contribution is 0.0699. The van der Waals surface area contributed by atoms with Crippen molar-refractivity contribution in [3.8, 4) is 11.1 Å². The topological polar surface area (TPSA) is 85.1 Å². The van der Waals surface area contributed by atoms with Crippen molar-refractivity contribution >= 4 is 11.6 Å². The van der Waals surface area contributed by atoms with Gasteiger partial charge in [0, 0.05) is 44.2 Å². The Kier molecular flexibility index (Phi) is 6.39. The largest absolute Gasteiger partial charge is 0.381 e. The lowest BCUT2D eigenvalue weighted by atomic mass is 9.92. The normalized spacial score (nSPS) is 23.3. The summed E-state index contributed by atoms with van der Waals surface area (Å²) in [5, 5.41) is 7.08. The van der Waals surface area contributed by atoms with Crippen LogP contribution in [0.1, 0.15) is 38.5 Å². The molecule has 150 valence electrons. The summed E-state index contributed by atoms with van der Waals surface area (Å²) in [6.07, 6.45) is 10.4. The van der Waals surface area contributed by atoms with Crippen molar-refractivity contribution in [3.63, 3.8) is 0 Å². The molecule has 0 bridgehead atoms. The summed E-state index contributed by atoms with van der Waals surface area (Å²) in [5.41, 5.74) is 8.32. The zero-order chi connectivity index (χ0) is 19.2. The van der Waals surface area contributed by atoms with Crippen molar-refractivity contribution in [2.24, 2.45) is 11.7 Å². The molecule has 1 saturated heterocycles. The van der Waals surface area contributed by atoms with Gasteiger partial charge in [-0.05, 0) is 79.8 Å². The molecule has 0 atom stereocenters. The fourth-order valence-corrected chi connectivity index (χ4v) is 4.07. The van der Waals surface area contributed by atoms with Gasteiger partial charge in [-0.1, -0.05) is 0 Å². The average Bonchev–Trinajstić information content (AvgIpc) is 2.75. The lowest BCUT2D eigenvalue weighted by Crippen LogP contribution is -2.32. The fraction of sp³-hybridized carbons (Fsp3) is 0.545. The number of hydrogen-bond donors (Lipinski definition) is 3. The van der Waals surface area contributed by atoms with Gasteiger partial charge in [-0.15, -0.1) is 0 Å². The van der Waals surface area contributed by atoms with Crippen LogP contribution in [0.3, 0.4) is 0 Å². The minimum atomic E-state index is 0.362. The highest BCUT2D eigenvalue weighted by atomic mass is 16.5. The van der Waals surface area contributed by atoms with E-state index in [1.54, 1.807) is 0 Å². The quantitative estimate of drug-likeness (QED) is 0.708. The number of ether oxygens (including phenoxy) is 1. The molecule has 2 aliphatic rings. The molecular weight excluding hydrogens is 350 g/mol. The number of nitrogens with one attached hydrogen (secondary N) is 2. The van der Waals surface area contributed by atoms with Gasteiger partial charge in [0.1, 0.15) is 11.6 Å². The predicted octanol–water partition coefficient (Wildman–Crippen LogP) is 3.66. The first-order valence-corrected chi connectivity index (χ1v) is 10.5. The van der Waals surface area contributed by atoms with Crippen LogP contribution >= 0.6 is 0 Å². The molecule has 4 N–H and O–H groups in total. The van der Waals surface area contributed by atoms with Gasteiger partial charge in [0.2, 0.25) is 0 Å². The molecule has 2 aromatic rings. The third-order valence-electron chi connectivity index (χ3n) is 5.89. The Labute approximate surface area is 167 Å². The molecule has 2 fully saturated rings. The molecule has 0 amide bonds. The number of pyridine rings is 2. The molecule has 6 heteroatoms. The van der Waals surface area contributed by atoms with Crippen LogP contribution in [0.4, 0.5) is 11.6 Å². The Hall–Kier alpha value is -2.18. The highest BCUT2D eigenvalue weighted by Gasteiger charge is 2.18. The Morgan fingerprint density at radius 1 is 0.893 bits per heavy atom. The number of nitrogens with zero attached hydrogens (tertiary/aromatic N) is 2. The van der Waals surface area contributed by atoms with Crippen molar-refractivity contribution in [1.29, 1.82) is 0 Å². The van der Waals surface area contributed by atoms with E-state index >= 15 is 0 Å². The molecule has 0 radical (unpaired) electrons. The zero-order valence-corrected chi connectivity index (χ0v) is 16.4. The van der Waals surface area contributed by atoms with E-state index in [-0.39, 0.29) is 0 Å². The zero-order valence-electron chi connectivity index (χ0n) is 16.4. The molecule has 3 heterocycles. The summed E-state index contributed by atoms with van der Waals surface area (Å²) in [6, 6.07) is 9.19. The Balaban J connectivity index is 1.39. The van der Waals surface area contributed by atoms with Gasteiger partial charge in [-0.25, -0.2) is 9.97 Å². The maximum atomic E-state index is 6.02. The Morgan fingerprint density at radius 3 is 2.25 bits per heavy atom. The highest BCUT2D eigenvalue weighted by molar-refractivity contribution is 5.68. The fourth-order valence-electron chi connectivity index (χ4n) is 4.07. The van der Waals surface area contributed by atoms with Crippen LogP contribution in [0.15, 0.2) is 36.7 Å². The monoisotopic (exact) mass is 381 g/mol. The van der Waals surface area contributed by atoms with Crippen molar-refractivity contribution in [1.82, 2.24) is 9.97 Å². The smallest absolute Gasteiger partial charge is 0.126 e. The third kappa shape index (κ3) is 5.20. The van der Waals surface area contributed by atoms with Gasteiger partial charge in [-0.2, -0.15) is 0 Å². The van der Waals surface area contributed by atoms with E-state index in [1.807, 2.05) is 12.4 Å². The first-order valence-electron chi connectivity index (χ1n) is 10.5. The molecule has 1 aliphatic heterocycles. The number of anilines is 2. The molecule has 28 heavy (non-hydrogen) atoms. The maximum Gasteiger partial charge on any atom is 0.126 e. The second-order valence-electron chi connectivity index (χ2n) is 8.05. The second-order valence-corrected chi connectivity index (χ2v) is 8.05. The highest BCUT2D eigenvalue weighted by Crippen LogP contribution is 2.26. The Morgan fingerprint density at radius 2 is 1.54 bits per heavy atom. The summed E-state index contributed by atoms with van der Waals surface area (Å²) in [4.78, 5) is 9.00. The molecule has 1 aliphatic carbocycles. The van der Waals surface area contributed by atoms with Crippen molar-refractivity contribution < 1.29 is 4.74 Å². The molecular formula is C22H31N5O. The minimum Gasteiger partial charge on any atom is -0.381 e. The van der Waals surface area contributed by atoms with Crippen LogP contribution in [0, 0.1) is 5.92 Å². The summed E-state index contributed by atoms with van der Waals surface area (Å²) in [5.74, 6) is 2.53. The molecule has 6 nitrogen and oxygen atoms in total. The van der Waals surface area contributed by atoms with E-state index in [9.17, 15) is 0 Å². The maximum absolute atomic E-state index is 6.02. The third-order valence-corrected chi connectivity index (χ3v) is 5.89. The molecule has 0 unspecified atom stereocenters. The molecule has 1 saturated carbocycles. The number of rotatable bonds is 6. The van der Waals surface area contributed by atoms with E-state index in [0.717, 1.165) is 81.0 Å². The van der Waals surface area contributed by atoms with Crippen LogP contribution in [0.2, 0.25) is 0 Å². The first-order chi connectivity index (χ1) is 13.8. The van der Waals surface area contributed by atoms with Crippen molar-refractivity contribution in [3.05, 3.63) is 36.7 Å². The summed E-state index contributed by atoms with van der Waals surface area (Å²) >= 11 is 0. The summed E-state index contributed by atoms with van der Waals surface area (Å²) in [6.45, 7) is 2.70. The second kappa shape index (κ2) is 9.34. The number of hydrogen-bond acceptors (Lipinski definition) is 6. The van der Waals surface area contributed by atoms with E-state index < -0.39 is 0 Å². The minimum absolute atomic E-state index is 0.362. The molecule has 4 rings (SSSR count). The number of nitrogens with two attached hydrogens (primary N) is 1. The standard InChI is InChI=1S/C22H31N5O/c23-19-1-3-20(4-2-19)27-22-14-18(6-10-25-22)17-5-9-24-21(13-17)26-15-16-7-11-28-12-8-16/h5-6,9-10,13-14,16,19-20H,1-4,7-8,11-12,15,23H2,(H,24,26)(H,25,27)/t19-,20-. The van der Waals surface area contributed by atoms with E-state index in [2.05, 4.69) is 44.9 Å². The van der Waals surface area contributed by atoms with Gasteiger partial charge in [-0.3, -0.25) is 0 Å². The van der Waals surface area contributed by atoms with Crippen molar-refractivity contribution in [2.75, 3.05) is 30.4 Å². The molecule has 2 aromatic heterocycles. The number of aromatic nitrogens is 2. The first kappa shape index (κ1) is 19.2. The van der Waals surface area contributed by atoms with Crippen LogP contribution in [0.25, 0.3) is 11.1 Å². The van der Waals surface area contributed by atoms with Crippen LogP contribution in [0.5, 0.6) is 0 Å². The van der Waals surface area contributed by atoms with Crippen LogP contribution in [-0.4, -0.2) is 41.8 Å². The van der Waals surface area contributed by atoms with Gasteiger partial charge < -0.3 is 21.1 Å². The predicted molar refractivity (Wildman–Crippen MR) is 113 cm³/mol. The van der Waals surface area contributed by atoms with Crippen LogP contribution in [-0.2, 0) is 4.74 Å². The molecule has 0 spiro atoms. The van der Waals surface area contributed by atoms with Gasteiger partial charge in [0.15, 0.2) is 0 Å². The van der Waals surface area contributed by atoms with E-state index in [1.165, 1.54) is 0 Å². The van der Waals surface area contributed by atoms with Gasteiger partial charge >= 0.3 is 0 Å². The average molecular weight is 382 g/mol. The lowest BCUT2D eigenvalue weighted by Gasteiger charge is -2.27. The van der Waals surface area contributed by atoms with Gasteiger partial charge in [0.05, 0.1) is 0 Å². The SMILES string of the molecule is N[C@H]1CC[C@H](Nc2cc(-c3ccnc(NCC4CCOCC4)c3)ccn2)CC1. The summed E-state index contributed by atoms with van der Waals surface area (Å²) < 4.78 is 5.44. The van der Waals surface area contributed by atoms with Crippen LogP contribution < -0.4 is 16.4 Å². The van der Waals surface area contributed by atoms with Crippen molar-refractivity contribution in [2.45, 2.75) is 50.6 Å². The van der Waals surface area contributed by atoms with E-state index in [4.69, 9.17) is 10.5 Å². The van der Waals surface area contributed by atoms with Gasteiger partial charge in [0.25, 0.3) is 0 Å².